The Labute approximate surface area is 201 Å². The number of aliphatic hydroxyl groups is 2. The summed E-state index contributed by atoms with van der Waals surface area (Å²) in [5, 5.41) is 23.0. The van der Waals surface area contributed by atoms with Crippen molar-refractivity contribution in [1.82, 2.24) is 15.3 Å². The van der Waals surface area contributed by atoms with Gasteiger partial charge in [0.15, 0.2) is 5.82 Å². The standard InChI is InChI=1S/C25H25ClF2N4O2/c1-14(26)23(32-15(2)17-7-5-6-8-20(17)27)19-9-18(21(28)10-22(19)29-4)16-11-30-24(31-12-16)25(3,34)13-33/h5-12,15,32-34H,4,13H2,1-3H3/b23-14-. The summed E-state index contributed by atoms with van der Waals surface area (Å²) < 4.78 is 29.3. The van der Waals surface area contributed by atoms with Crippen LogP contribution in [0.2, 0.25) is 0 Å². The van der Waals surface area contributed by atoms with Gasteiger partial charge in [0, 0.05) is 45.7 Å². The van der Waals surface area contributed by atoms with Crippen molar-refractivity contribution < 1.29 is 19.0 Å². The second-order valence-corrected chi connectivity index (χ2v) is 8.60. The number of aromatic nitrogens is 2. The smallest absolute Gasteiger partial charge is 0.162 e. The molecule has 3 rings (SSSR count). The fourth-order valence-electron chi connectivity index (χ4n) is 3.41. The lowest BCUT2D eigenvalue weighted by Gasteiger charge is -2.22. The molecule has 0 saturated carbocycles. The number of aliphatic imine (C=N–C) groups is 1. The highest BCUT2D eigenvalue weighted by molar-refractivity contribution is 6.32. The fourth-order valence-corrected chi connectivity index (χ4v) is 3.57. The second-order valence-electron chi connectivity index (χ2n) is 8.03. The zero-order chi connectivity index (χ0) is 25.0. The van der Waals surface area contributed by atoms with Crippen molar-refractivity contribution in [2.45, 2.75) is 32.4 Å². The molecule has 0 amide bonds. The van der Waals surface area contributed by atoms with E-state index in [0.29, 0.717) is 27.4 Å². The Bertz CT molecular complexity index is 1230. The fraction of sp³-hybridized carbons (Fsp3) is 0.240. The summed E-state index contributed by atoms with van der Waals surface area (Å²) in [6.07, 6.45) is 2.70. The molecule has 3 aromatic rings. The van der Waals surface area contributed by atoms with Crippen LogP contribution in [-0.2, 0) is 5.60 Å². The number of nitrogens with one attached hydrogen (secondary N) is 1. The van der Waals surface area contributed by atoms with Crippen molar-refractivity contribution in [3.8, 4) is 11.1 Å². The average molecular weight is 487 g/mol. The Morgan fingerprint density at radius 1 is 1.21 bits per heavy atom. The number of aliphatic hydroxyl groups excluding tert-OH is 1. The third-order valence-electron chi connectivity index (χ3n) is 5.35. The Morgan fingerprint density at radius 3 is 2.41 bits per heavy atom. The van der Waals surface area contributed by atoms with Crippen LogP contribution < -0.4 is 5.32 Å². The van der Waals surface area contributed by atoms with Crippen LogP contribution in [0.25, 0.3) is 16.8 Å². The molecule has 0 saturated heterocycles. The minimum Gasteiger partial charge on any atom is -0.393 e. The quantitative estimate of drug-likeness (QED) is 0.379. The molecule has 0 aliphatic carbocycles. The normalized spacial score (nSPS) is 14.7. The largest absolute Gasteiger partial charge is 0.393 e. The van der Waals surface area contributed by atoms with E-state index in [4.69, 9.17) is 11.6 Å². The molecule has 6 nitrogen and oxygen atoms in total. The van der Waals surface area contributed by atoms with E-state index < -0.39 is 24.1 Å². The molecular formula is C25H25ClF2N4O2. The van der Waals surface area contributed by atoms with Gasteiger partial charge in [0.2, 0.25) is 0 Å². The number of allylic oxidation sites excluding steroid dienone is 1. The van der Waals surface area contributed by atoms with E-state index in [-0.39, 0.29) is 22.9 Å². The van der Waals surface area contributed by atoms with Gasteiger partial charge in [-0.1, -0.05) is 29.8 Å². The van der Waals surface area contributed by atoms with Crippen molar-refractivity contribution in [2.75, 3.05) is 6.61 Å². The Kier molecular flexibility index (Phi) is 7.76. The number of halogens is 3. The molecule has 2 atom stereocenters. The maximum absolute atomic E-state index is 15.0. The first-order chi connectivity index (χ1) is 16.1. The van der Waals surface area contributed by atoms with Crippen LogP contribution in [0.5, 0.6) is 0 Å². The summed E-state index contributed by atoms with van der Waals surface area (Å²) >= 11 is 6.40. The zero-order valence-electron chi connectivity index (χ0n) is 19.0. The summed E-state index contributed by atoms with van der Waals surface area (Å²) in [6, 6.07) is 8.66. The van der Waals surface area contributed by atoms with Gasteiger partial charge >= 0.3 is 0 Å². The van der Waals surface area contributed by atoms with E-state index in [9.17, 15) is 19.0 Å². The molecule has 2 aromatic carbocycles. The van der Waals surface area contributed by atoms with Crippen LogP contribution in [0.1, 0.15) is 43.8 Å². The Morgan fingerprint density at radius 2 is 1.85 bits per heavy atom. The Hall–Kier alpha value is -3.20. The van der Waals surface area contributed by atoms with E-state index in [0.717, 1.165) is 0 Å². The highest BCUT2D eigenvalue weighted by atomic mass is 35.5. The summed E-state index contributed by atoms with van der Waals surface area (Å²) in [6.45, 7) is 7.77. The molecular weight excluding hydrogens is 462 g/mol. The molecule has 0 aliphatic rings. The summed E-state index contributed by atoms with van der Waals surface area (Å²) in [7, 11) is 0. The third-order valence-corrected chi connectivity index (χ3v) is 5.54. The van der Waals surface area contributed by atoms with Crippen LogP contribution in [-0.4, -0.2) is 33.5 Å². The van der Waals surface area contributed by atoms with Gasteiger partial charge in [0.25, 0.3) is 0 Å². The lowest BCUT2D eigenvalue weighted by Crippen LogP contribution is -2.28. The van der Waals surface area contributed by atoms with E-state index in [1.165, 1.54) is 37.5 Å². The predicted octanol–water partition coefficient (Wildman–Crippen LogP) is 5.23. The van der Waals surface area contributed by atoms with Crippen LogP contribution in [0, 0.1) is 11.6 Å². The van der Waals surface area contributed by atoms with Gasteiger partial charge in [-0.15, -0.1) is 0 Å². The molecule has 0 bridgehead atoms. The first-order valence-electron chi connectivity index (χ1n) is 10.4. The second kappa shape index (κ2) is 10.4. The molecule has 0 spiro atoms. The van der Waals surface area contributed by atoms with Crippen LogP contribution >= 0.6 is 11.6 Å². The minimum absolute atomic E-state index is 0.00123. The molecule has 2 unspecified atom stereocenters. The highest BCUT2D eigenvalue weighted by Crippen LogP contribution is 2.36. The van der Waals surface area contributed by atoms with E-state index in [1.54, 1.807) is 32.0 Å². The summed E-state index contributed by atoms with van der Waals surface area (Å²) in [4.78, 5) is 12.1. The summed E-state index contributed by atoms with van der Waals surface area (Å²) in [5.41, 5.74) is 0.430. The minimum atomic E-state index is -1.63. The van der Waals surface area contributed by atoms with Crippen molar-refractivity contribution in [3.05, 3.63) is 82.4 Å². The number of nitrogens with zero attached hydrogens (tertiary/aromatic N) is 3. The Balaban J connectivity index is 2.07. The van der Waals surface area contributed by atoms with Gasteiger partial charge in [-0.25, -0.2) is 18.7 Å². The highest BCUT2D eigenvalue weighted by Gasteiger charge is 2.26. The van der Waals surface area contributed by atoms with E-state index in [1.807, 2.05) is 0 Å². The lowest BCUT2D eigenvalue weighted by molar-refractivity contribution is -0.00969. The van der Waals surface area contributed by atoms with Gasteiger partial charge in [0.1, 0.15) is 17.2 Å². The maximum Gasteiger partial charge on any atom is 0.162 e. The van der Waals surface area contributed by atoms with E-state index >= 15 is 0 Å². The predicted molar refractivity (Wildman–Crippen MR) is 130 cm³/mol. The topological polar surface area (TPSA) is 90.6 Å². The molecule has 0 aliphatic heterocycles. The van der Waals surface area contributed by atoms with Gasteiger partial charge in [-0.2, -0.15) is 0 Å². The number of hydrogen-bond acceptors (Lipinski definition) is 6. The number of rotatable bonds is 8. The molecule has 0 radical (unpaired) electrons. The SMILES string of the molecule is C=Nc1cc(F)c(-c2cnc(C(C)(O)CO)nc2)cc1/C(NC(C)c1ccccc1F)=C(\C)Cl. The molecule has 0 fully saturated rings. The van der Waals surface area contributed by atoms with Crippen molar-refractivity contribution >= 4 is 29.7 Å². The number of hydrogen-bond donors (Lipinski definition) is 3. The van der Waals surface area contributed by atoms with Crippen LogP contribution in [0.15, 0.2) is 58.8 Å². The molecule has 3 N–H and O–H groups in total. The maximum atomic E-state index is 15.0. The molecule has 34 heavy (non-hydrogen) atoms. The van der Waals surface area contributed by atoms with Gasteiger partial charge < -0.3 is 15.5 Å². The van der Waals surface area contributed by atoms with Crippen molar-refractivity contribution in [3.63, 3.8) is 0 Å². The first kappa shape index (κ1) is 25.4. The van der Waals surface area contributed by atoms with Gasteiger partial charge in [-0.3, -0.25) is 4.99 Å². The first-order valence-corrected chi connectivity index (χ1v) is 10.8. The number of benzene rings is 2. The molecule has 9 heteroatoms. The van der Waals surface area contributed by atoms with Crippen molar-refractivity contribution in [2.24, 2.45) is 4.99 Å². The van der Waals surface area contributed by atoms with Crippen molar-refractivity contribution in [1.29, 1.82) is 0 Å². The third kappa shape index (κ3) is 5.30. The van der Waals surface area contributed by atoms with Crippen LogP contribution in [0.3, 0.4) is 0 Å². The molecule has 1 heterocycles. The van der Waals surface area contributed by atoms with E-state index in [2.05, 4.69) is 27.0 Å². The van der Waals surface area contributed by atoms with Gasteiger partial charge in [0.05, 0.1) is 24.0 Å². The monoisotopic (exact) mass is 486 g/mol. The zero-order valence-corrected chi connectivity index (χ0v) is 19.7. The van der Waals surface area contributed by atoms with Crippen LogP contribution in [0.4, 0.5) is 14.5 Å². The molecule has 1 aromatic heterocycles. The molecule has 178 valence electrons. The van der Waals surface area contributed by atoms with Gasteiger partial charge in [-0.05, 0) is 39.6 Å². The average Bonchev–Trinajstić information content (AvgIpc) is 2.82. The summed E-state index contributed by atoms with van der Waals surface area (Å²) in [5.74, 6) is -0.960. The lowest BCUT2D eigenvalue weighted by atomic mass is 9.99.